The van der Waals surface area contributed by atoms with E-state index in [-0.39, 0.29) is 5.75 Å². The maximum Gasteiger partial charge on any atom is 0.316 e. The van der Waals surface area contributed by atoms with Crippen molar-refractivity contribution in [2.75, 3.05) is 18.6 Å². The lowest BCUT2D eigenvalue weighted by atomic mass is 10.5. The zero-order valence-corrected chi connectivity index (χ0v) is 9.62. The minimum atomic E-state index is -2.91. The van der Waals surface area contributed by atoms with Gasteiger partial charge in [-0.3, -0.25) is 0 Å². The van der Waals surface area contributed by atoms with Crippen LogP contribution in [0, 0.1) is 6.92 Å². The number of hydrogen-bond acceptors (Lipinski definition) is 5. The van der Waals surface area contributed by atoms with Gasteiger partial charge in [-0.15, -0.1) is 0 Å². The van der Waals surface area contributed by atoms with Gasteiger partial charge in [-0.1, -0.05) is 0 Å². The zero-order valence-electron chi connectivity index (χ0n) is 8.80. The summed E-state index contributed by atoms with van der Waals surface area (Å²) in [4.78, 5) is 7.92. The molecular formula is C9H14N2O3S. The van der Waals surface area contributed by atoms with Gasteiger partial charge in [0.25, 0.3) is 0 Å². The van der Waals surface area contributed by atoms with Crippen LogP contribution in [0.3, 0.4) is 0 Å². The Morgan fingerprint density at radius 1 is 1.47 bits per heavy atom. The fourth-order valence-corrected chi connectivity index (χ4v) is 1.62. The van der Waals surface area contributed by atoms with Crippen LogP contribution in [0.4, 0.5) is 0 Å². The molecule has 15 heavy (non-hydrogen) atoms. The Morgan fingerprint density at radius 2 is 2.20 bits per heavy atom. The standard InChI is InChI=1S/C9H14N2O3S/c1-8-4-5-10-9(11-8)14-6-3-7-15(2,12)13/h4-5H,3,6-7H2,1-2H3. The second kappa shape index (κ2) is 5.06. The van der Waals surface area contributed by atoms with Crippen molar-refractivity contribution in [1.82, 2.24) is 9.97 Å². The molecule has 0 N–H and O–H groups in total. The van der Waals surface area contributed by atoms with E-state index in [2.05, 4.69) is 9.97 Å². The van der Waals surface area contributed by atoms with Crippen molar-refractivity contribution in [3.8, 4) is 6.01 Å². The molecule has 1 heterocycles. The number of ether oxygens (including phenoxy) is 1. The maximum absolute atomic E-state index is 10.8. The third kappa shape index (κ3) is 5.31. The van der Waals surface area contributed by atoms with Crippen LogP contribution in [0.5, 0.6) is 6.01 Å². The van der Waals surface area contributed by atoms with Gasteiger partial charge in [0.05, 0.1) is 12.4 Å². The van der Waals surface area contributed by atoms with Gasteiger partial charge >= 0.3 is 6.01 Å². The Bertz CT molecular complexity index is 417. The van der Waals surface area contributed by atoms with Gasteiger partial charge in [-0.2, -0.15) is 0 Å². The fraction of sp³-hybridized carbons (Fsp3) is 0.556. The van der Waals surface area contributed by atoms with Crippen LogP contribution >= 0.6 is 0 Å². The van der Waals surface area contributed by atoms with Gasteiger partial charge in [-0.25, -0.2) is 18.4 Å². The SMILES string of the molecule is Cc1ccnc(OCCCS(C)(=O)=O)n1. The van der Waals surface area contributed by atoms with Crippen LogP contribution < -0.4 is 4.74 Å². The number of nitrogens with zero attached hydrogens (tertiary/aromatic N) is 2. The molecule has 0 aliphatic carbocycles. The molecule has 0 aliphatic heterocycles. The molecule has 5 nitrogen and oxygen atoms in total. The van der Waals surface area contributed by atoms with Crippen LogP contribution in [0.25, 0.3) is 0 Å². The summed E-state index contributed by atoms with van der Waals surface area (Å²) in [6, 6.07) is 2.06. The largest absolute Gasteiger partial charge is 0.463 e. The predicted octanol–water partition coefficient (Wildman–Crippen LogP) is 0.599. The molecule has 1 aromatic rings. The van der Waals surface area contributed by atoms with Crippen molar-refractivity contribution in [3.05, 3.63) is 18.0 Å². The molecule has 0 aliphatic rings. The zero-order chi connectivity index (χ0) is 11.3. The molecule has 0 aromatic carbocycles. The van der Waals surface area contributed by atoms with Crippen LogP contribution in [0.15, 0.2) is 12.3 Å². The van der Waals surface area contributed by atoms with Gasteiger partial charge in [0.15, 0.2) is 0 Å². The maximum atomic E-state index is 10.8. The fourth-order valence-electron chi connectivity index (χ4n) is 0.980. The molecule has 0 atom stereocenters. The Labute approximate surface area is 89.4 Å². The molecule has 0 saturated carbocycles. The summed E-state index contributed by atoms with van der Waals surface area (Å²) >= 11 is 0. The lowest BCUT2D eigenvalue weighted by Gasteiger charge is -2.03. The van der Waals surface area contributed by atoms with E-state index in [1.54, 1.807) is 12.3 Å². The molecule has 84 valence electrons. The smallest absolute Gasteiger partial charge is 0.316 e. The van der Waals surface area contributed by atoms with E-state index in [9.17, 15) is 8.42 Å². The lowest BCUT2D eigenvalue weighted by molar-refractivity contribution is 0.292. The first-order valence-electron chi connectivity index (χ1n) is 4.57. The highest BCUT2D eigenvalue weighted by Crippen LogP contribution is 2.02. The second-order valence-electron chi connectivity index (χ2n) is 3.31. The van der Waals surface area contributed by atoms with Crippen LogP contribution in [0.1, 0.15) is 12.1 Å². The second-order valence-corrected chi connectivity index (χ2v) is 5.57. The van der Waals surface area contributed by atoms with Crippen LogP contribution in [-0.2, 0) is 9.84 Å². The minimum absolute atomic E-state index is 0.124. The van der Waals surface area contributed by atoms with Crippen molar-refractivity contribution >= 4 is 9.84 Å². The molecule has 0 fully saturated rings. The quantitative estimate of drug-likeness (QED) is 0.693. The van der Waals surface area contributed by atoms with E-state index in [1.807, 2.05) is 6.92 Å². The Hall–Kier alpha value is -1.17. The Balaban J connectivity index is 2.32. The molecule has 0 saturated heterocycles. The Kier molecular flexibility index (Phi) is 4.02. The molecule has 1 aromatic heterocycles. The van der Waals surface area contributed by atoms with E-state index in [1.165, 1.54) is 6.26 Å². The normalized spacial score (nSPS) is 11.3. The van der Waals surface area contributed by atoms with Crippen molar-refractivity contribution in [2.24, 2.45) is 0 Å². The molecule has 0 spiro atoms. The van der Waals surface area contributed by atoms with E-state index in [4.69, 9.17) is 4.74 Å². The predicted molar refractivity (Wildman–Crippen MR) is 56.6 cm³/mol. The number of aryl methyl sites for hydroxylation is 1. The molecule has 0 amide bonds. The van der Waals surface area contributed by atoms with Crippen LogP contribution in [-0.4, -0.2) is 37.0 Å². The highest BCUT2D eigenvalue weighted by Gasteiger charge is 2.02. The number of aromatic nitrogens is 2. The number of hydrogen-bond donors (Lipinski definition) is 0. The molecule has 1 rings (SSSR count). The highest BCUT2D eigenvalue weighted by atomic mass is 32.2. The monoisotopic (exact) mass is 230 g/mol. The van der Waals surface area contributed by atoms with Crippen molar-refractivity contribution in [3.63, 3.8) is 0 Å². The topological polar surface area (TPSA) is 69.2 Å². The van der Waals surface area contributed by atoms with E-state index >= 15 is 0 Å². The first-order chi connectivity index (χ1) is 6.97. The highest BCUT2D eigenvalue weighted by molar-refractivity contribution is 7.90. The average Bonchev–Trinajstić information content (AvgIpc) is 2.11. The summed E-state index contributed by atoms with van der Waals surface area (Å²) in [5, 5.41) is 0. The molecular weight excluding hydrogens is 216 g/mol. The third-order valence-electron chi connectivity index (χ3n) is 1.66. The van der Waals surface area contributed by atoms with Crippen molar-refractivity contribution in [1.29, 1.82) is 0 Å². The van der Waals surface area contributed by atoms with Crippen molar-refractivity contribution < 1.29 is 13.2 Å². The van der Waals surface area contributed by atoms with Gasteiger partial charge in [-0.05, 0) is 19.4 Å². The number of sulfone groups is 1. The Morgan fingerprint density at radius 3 is 2.80 bits per heavy atom. The minimum Gasteiger partial charge on any atom is -0.463 e. The summed E-state index contributed by atoms with van der Waals surface area (Å²) in [5.74, 6) is 0.124. The number of rotatable bonds is 5. The molecule has 6 heteroatoms. The molecule has 0 bridgehead atoms. The summed E-state index contributed by atoms with van der Waals surface area (Å²) in [6.45, 7) is 2.15. The van der Waals surface area contributed by atoms with E-state index in [0.29, 0.717) is 19.0 Å². The lowest BCUT2D eigenvalue weighted by Crippen LogP contribution is -2.09. The average molecular weight is 230 g/mol. The first kappa shape index (κ1) is 11.9. The third-order valence-corrected chi connectivity index (χ3v) is 2.69. The van der Waals surface area contributed by atoms with Crippen LogP contribution in [0.2, 0.25) is 0 Å². The van der Waals surface area contributed by atoms with Gasteiger partial charge < -0.3 is 4.74 Å². The van der Waals surface area contributed by atoms with E-state index < -0.39 is 9.84 Å². The molecule has 0 radical (unpaired) electrons. The molecule has 0 unspecified atom stereocenters. The van der Waals surface area contributed by atoms with E-state index in [0.717, 1.165) is 5.69 Å². The van der Waals surface area contributed by atoms with Crippen molar-refractivity contribution in [2.45, 2.75) is 13.3 Å². The van der Waals surface area contributed by atoms with Gasteiger partial charge in [0, 0.05) is 18.1 Å². The summed E-state index contributed by atoms with van der Waals surface area (Å²) in [7, 11) is -2.91. The first-order valence-corrected chi connectivity index (χ1v) is 6.63. The van der Waals surface area contributed by atoms with Gasteiger partial charge in [0.1, 0.15) is 9.84 Å². The summed E-state index contributed by atoms with van der Waals surface area (Å²) in [6.07, 6.45) is 3.26. The summed E-state index contributed by atoms with van der Waals surface area (Å²) in [5.41, 5.74) is 0.822. The summed E-state index contributed by atoms with van der Waals surface area (Å²) < 4.78 is 26.8. The van der Waals surface area contributed by atoms with Gasteiger partial charge in [0.2, 0.25) is 0 Å².